The van der Waals surface area contributed by atoms with Gasteiger partial charge in [0.15, 0.2) is 6.29 Å². The summed E-state index contributed by atoms with van der Waals surface area (Å²) in [6.45, 7) is 5.43. The van der Waals surface area contributed by atoms with Crippen LogP contribution in [0.25, 0.3) is 0 Å². The van der Waals surface area contributed by atoms with Crippen LogP contribution in [0.2, 0.25) is 0 Å². The molecule has 0 aromatic heterocycles. The molecule has 1 heterocycles. The summed E-state index contributed by atoms with van der Waals surface area (Å²) in [6, 6.07) is 1.92. The fourth-order valence-electron chi connectivity index (χ4n) is 2.25. The fourth-order valence-corrected chi connectivity index (χ4v) is 2.25. The summed E-state index contributed by atoms with van der Waals surface area (Å²) >= 11 is 0. The van der Waals surface area contributed by atoms with Crippen LogP contribution in [-0.4, -0.2) is 56.1 Å². The molecule has 1 saturated heterocycles. The van der Waals surface area contributed by atoms with Gasteiger partial charge in [0.25, 0.3) is 0 Å². The topological polar surface area (TPSA) is 71.8 Å². The fraction of sp³-hybridized carbons (Fsp3) is 0.750. The van der Waals surface area contributed by atoms with E-state index in [0.29, 0.717) is 26.2 Å². The van der Waals surface area contributed by atoms with Crippen LogP contribution in [-0.2, 0) is 19.0 Å². The van der Waals surface area contributed by atoms with Crippen LogP contribution in [0, 0.1) is 23.2 Å². The smallest absolute Gasteiger partial charge is 0.223 e. The number of nitriles is 1. The molecule has 1 fully saturated rings. The van der Waals surface area contributed by atoms with Crippen molar-refractivity contribution in [2.24, 2.45) is 0 Å². The van der Waals surface area contributed by atoms with Gasteiger partial charge in [-0.1, -0.05) is 11.8 Å². The highest BCUT2D eigenvalue weighted by molar-refractivity contribution is 5.77. The Balaban J connectivity index is 2.44. The highest BCUT2D eigenvalue weighted by atomic mass is 16.7. The lowest BCUT2D eigenvalue weighted by molar-refractivity contribution is -0.152. The van der Waals surface area contributed by atoms with Gasteiger partial charge in [0.1, 0.15) is 13.2 Å². The summed E-state index contributed by atoms with van der Waals surface area (Å²) in [6.07, 6.45) is 2.08. The predicted molar refractivity (Wildman–Crippen MR) is 80.6 cm³/mol. The number of likely N-dealkylation sites (tertiary alicyclic amines) is 1. The van der Waals surface area contributed by atoms with Crippen molar-refractivity contribution in [1.29, 1.82) is 5.26 Å². The van der Waals surface area contributed by atoms with E-state index in [4.69, 9.17) is 19.5 Å². The van der Waals surface area contributed by atoms with Crippen molar-refractivity contribution >= 4 is 5.91 Å². The van der Waals surface area contributed by atoms with Gasteiger partial charge in [-0.25, -0.2) is 0 Å². The monoisotopic (exact) mass is 308 g/mol. The van der Waals surface area contributed by atoms with Crippen molar-refractivity contribution in [2.45, 2.75) is 45.4 Å². The largest absolute Gasteiger partial charge is 0.354 e. The molecule has 1 amide bonds. The molecule has 1 aliphatic heterocycles. The van der Waals surface area contributed by atoms with Crippen LogP contribution in [0.5, 0.6) is 0 Å². The van der Waals surface area contributed by atoms with Crippen molar-refractivity contribution in [3.8, 4) is 17.9 Å². The van der Waals surface area contributed by atoms with E-state index in [1.807, 2.05) is 19.9 Å². The van der Waals surface area contributed by atoms with Crippen LogP contribution >= 0.6 is 0 Å². The van der Waals surface area contributed by atoms with E-state index in [1.165, 1.54) is 0 Å². The Bertz CT molecular complexity index is 436. The maximum atomic E-state index is 12.0. The maximum Gasteiger partial charge on any atom is 0.223 e. The zero-order chi connectivity index (χ0) is 16.2. The Morgan fingerprint density at radius 2 is 2.18 bits per heavy atom. The molecule has 6 heteroatoms. The zero-order valence-electron chi connectivity index (χ0n) is 13.3. The summed E-state index contributed by atoms with van der Waals surface area (Å²) < 4.78 is 15.9. The van der Waals surface area contributed by atoms with Crippen LogP contribution in [0.15, 0.2) is 0 Å². The van der Waals surface area contributed by atoms with Gasteiger partial charge in [0.05, 0.1) is 25.3 Å². The molecule has 22 heavy (non-hydrogen) atoms. The van der Waals surface area contributed by atoms with E-state index in [1.54, 1.807) is 4.90 Å². The number of piperidine rings is 1. The Kier molecular flexibility index (Phi) is 9.25. The van der Waals surface area contributed by atoms with E-state index in [0.717, 1.165) is 12.8 Å². The molecule has 0 spiro atoms. The van der Waals surface area contributed by atoms with Crippen molar-refractivity contribution < 1.29 is 19.0 Å². The minimum atomic E-state index is -0.269. The first kappa shape index (κ1) is 18.4. The first-order valence-corrected chi connectivity index (χ1v) is 7.62. The Labute approximate surface area is 132 Å². The van der Waals surface area contributed by atoms with Crippen LogP contribution in [0.3, 0.4) is 0 Å². The average Bonchev–Trinajstić information content (AvgIpc) is 2.50. The molecule has 1 unspecified atom stereocenters. The van der Waals surface area contributed by atoms with Gasteiger partial charge in [-0.3, -0.25) is 4.79 Å². The minimum absolute atomic E-state index is 0.0309. The molecule has 0 aromatic carbocycles. The standard InChI is InChI=1S/C16H24N2O4/c1-3-21-14(2)22-13-15-7-6-8-16(19)18(15)10-4-5-11-20-12-9-17/h14-15H,3,6-8,10-13H2,1-2H3/t14?,15-/m1/s1. The molecule has 0 radical (unpaired) electrons. The van der Waals surface area contributed by atoms with Gasteiger partial charge in [-0.2, -0.15) is 5.26 Å². The van der Waals surface area contributed by atoms with E-state index < -0.39 is 0 Å². The molecule has 1 aliphatic rings. The molecule has 6 nitrogen and oxygen atoms in total. The Hall–Kier alpha value is -1.60. The number of hydrogen-bond donors (Lipinski definition) is 0. The molecule has 0 bridgehead atoms. The van der Waals surface area contributed by atoms with Gasteiger partial charge < -0.3 is 19.1 Å². The van der Waals surface area contributed by atoms with Crippen molar-refractivity contribution in [3.05, 3.63) is 0 Å². The number of ether oxygens (including phenoxy) is 3. The average molecular weight is 308 g/mol. The number of rotatable bonds is 8. The normalized spacial score (nSPS) is 19.2. The summed E-state index contributed by atoms with van der Waals surface area (Å²) in [5.41, 5.74) is 0. The van der Waals surface area contributed by atoms with Crippen molar-refractivity contribution in [1.82, 2.24) is 4.90 Å². The zero-order valence-corrected chi connectivity index (χ0v) is 13.3. The first-order valence-electron chi connectivity index (χ1n) is 7.62. The first-order chi connectivity index (χ1) is 10.7. The molecule has 0 aliphatic carbocycles. The summed E-state index contributed by atoms with van der Waals surface area (Å²) in [5.74, 6) is 5.84. The van der Waals surface area contributed by atoms with Gasteiger partial charge in [0.2, 0.25) is 5.91 Å². The molecule has 122 valence electrons. The lowest BCUT2D eigenvalue weighted by Gasteiger charge is -2.34. The summed E-state index contributed by atoms with van der Waals surface area (Å²) in [4.78, 5) is 13.8. The lowest BCUT2D eigenvalue weighted by atomic mass is 10.0. The van der Waals surface area contributed by atoms with Gasteiger partial charge in [-0.15, -0.1) is 0 Å². The van der Waals surface area contributed by atoms with Gasteiger partial charge in [0, 0.05) is 13.0 Å². The number of carbonyl (C=O) groups excluding carboxylic acids is 1. The molecule has 0 aromatic rings. The molecule has 1 rings (SSSR count). The second-order valence-electron chi connectivity index (χ2n) is 4.93. The minimum Gasteiger partial charge on any atom is -0.354 e. The third-order valence-electron chi connectivity index (χ3n) is 3.33. The molecule has 0 saturated carbocycles. The molecule has 0 N–H and O–H groups in total. The van der Waals surface area contributed by atoms with Crippen molar-refractivity contribution in [2.75, 3.05) is 33.0 Å². The van der Waals surface area contributed by atoms with Crippen LogP contribution in [0.4, 0.5) is 0 Å². The lowest BCUT2D eigenvalue weighted by Crippen LogP contribution is -2.46. The summed E-state index contributed by atoms with van der Waals surface area (Å²) in [5, 5.41) is 8.34. The molecule has 2 atom stereocenters. The third kappa shape index (κ3) is 6.91. The van der Waals surface area contributed by atoms with E-state index >= 15 is 0 Å². The SMILES string of the molecule is CCOC(C)OC[C@H]1CCCC(=O)N1CC#CCOCC#N. The quantitative estimate of drug-likeness (QED) is 0.384. The molecular formula is C16H24N2O4. The van der Waals surface area contributed by atoms with Crippen LogP contribution < -0.4 is 0 Å². The van der Waals surface area contributed by atoms with Crippen molar-refractivity contribution in [3.63, 3.8) is 0 Å². The highest BCUT2D eigenvalue weighted by Crippen LogP contribution is 2.18. The number of hydrogen-bond acceptors (Lipinski definition) is 5. The van der Waals surface area contributed by atoms with E-state index in [2.05, 4.69) is 11.8 Å². The second kappa shape index (κ2) is 11.0. The van der Waals surface area contributed by atoms with Gasteiger partial charge in [-0.05, 0) is 26.7 Å². The summed E-state index contributed by atoms with van der Waals surface area (Å²) in [7, 11) is 0. The van der Waals surface area contributed by atoms with E-state index in [-0.39, 0.29) is 31.5 Å². The Morgan fingerprint density at radius 1 is 1.36 bits per heavy atom. The van der Waals surface area contributed by atoms with E-state index in [9.17, 15) is 4.79 Å². The second-order valence-corrected chi connectivity index (χ2v) is 4.93. The third-order valence-corrected chi connectivity index (χ3v) is 3.33. The van der Waals surface area contributed by atoms with Crippen LogP contribution in [0.1, 0.15) is 33.1 Å². The number of carbonyl (C=O) groups is 1. The highest BCUT2D eigenvalue weighted by Gasteiger charge is 2.27. The Morgan fingerprint density at radius 3 is 2.91 bits per heavy atom. The maximum absolute atomic E-state index is 12.0. The number of amides is 1. The molecular weight excluding hydrogens is 284 g/mol. The predicted octanol–water partition coefficient (Wildman–Crippen LogP) is 1.31. The number of nitrogens with zero attached hydrogens (tertiary/aromatic N) is 2. The van der Waals surface area contributed by atoms with Gasteiger partial charge >= 0.3 is 0 Å².